The van der Waals surface area contributed by atoms with E-state index in [1.54, 1.807) is 0 Å². The third-order valence-electron chi connectivity index (χ3n) is 3.76. The molecule has 0 aliphatic carbocycles. The predicted octanol–water partition coefficient (Wildman–Crippen LogP) is 3.54. The standard InChI is InChI=1S/C14H21Cl2NO3S/c1-9(14(2,3)4)17(5)21(19,20)12-7-6-11(15)10(8-18)13(12)16/h6-7,9,18H,8H2,1-5H3. The predicted molar refractivity (Wildman–Crippen MR) is 86.3 cm³/mol. The average Bonchev–Trinajstić information content (AvgIpc) is 2.36. The number of hydrogen-bond acceptors (Lipinski definition) is 3. The fraction of sp³-hybridized carbons (Fsp3) is 0.571. The Morgan fingerprint density at radius 3 is 2.24 bits per heavy atom. The van der Waals surface area contributed by atoms with E-state index >= 15 is 0 Å². The Morgan fingerprint density at radius 2 is 1.81 bits per heavy atom. The second kappa shape index (κ2) is 6.42. The largest absolute Gasteiger partial charge is 0.392 e. The van der Waals surface area contributed by atoms with Crippen molar-refractivity contribution in [3.63, 3.8) is 0 Å². The van der Waals surface area contributed by atoms with Crippen molar-refractivity contribution in [3.8, 4) is 0 Å². The second-order valence-corrected chi connectivity index (χ2v) is 8.81. The van der Waals surface area contributed by atoms with E-state index in [-0.39, 0.29) is 32.0 Å². The Labute approximate surface area is 136 Å². The van der Waals surface area contributed by atoms with Crippen molar-refractivity contribution in [2.75, 3.05) is 7.05 Å². The molecule has 1 N–H and O–H groups in total. The molecule has 0 bridgehead atoms. The molecule has 0 saturated heterocycles. The maximum atomic E-state index is 12.7. The molecule has 0 heterocycles. The molecule has 0 aliphatic heterocycles. The molecule has 1 atom stereocenters. The van der Waals surface area contributed by atoms with Gasteiger partial charge in [-0.1, -0.05) is 44.0 Å². The van der Waals surface area contributed by atoms with E-state index in [9.17, 15) is 13.5 Å². The van der Waals surface area contributed by atoms with Crippen molar-refractivity contribution in [3.05, 3.63) is 27.7 Å². The van der Waals surface area contributed by atoms with Gasteiger partial charge in [-0.05, 0) is 24.5 Å². The zero-order valence-corrected chi connectivity index (χ0v) is 15.1. The first-order chi connectivity index (χ1) is 9.44. The number of hydrogen-bond donors (Lipinski definition) is 1. The quantitative estimate of drug-likeness (QED) is 0.900. The summed E-state index contributed by atoms with van der Waals surface area (Å²) < 4.78 is 26.8. The van der Waals surface area contributed by atoms with E-state index in [0.717, 1.165) is 0 Å². The van der Waals surface area contributed by atoms with Crippen LogP contribution in [0.2, 0.25) is 10.0 Å². The van der Waals surface area contributed by atoms with Gasteiger partial charge in [-0.25, -0.2) is 8.42 Å². The number of sulfonamides is 1. The SMILES string of the molecule is CC(N(C)S(=O)(=O)c1ccc(Cl)c(CO)c1Cl)C(C)(C)C. The third-order valence-corrected chi connectivity index (χ3v) is 6.63. The molecule has 0 radical (unpaired) electrons. The van der Waals surface area contributed by atoms with Gasteiger partial charge >= 0.3 is 0 Å². The lowest BCUT2D eigenvalue weighted by Crippen LogP contribution is -2.43. The molecule has 4 nitrogen and oxygen atoms in total. The van der Waals surface area contributed by atoms with E-state index < -0.39 is 16.6 Å². The van der Waals surface area contributed by atoms with E-state index in [4.69, 9.17) is 23.2 Å². The number of rotatable bonds is 4. The van der Waals surface area contributed by atoms with Crippen LogP contribution in [0.25, 0.3) is 0 Å². The van der Waals surface area contributed by atoms with Crippen LogP contribution in [0.1, 0.15) is 33.3 Å². The average molecular weight is 354 g/mol. The fourth-order valence-electron chi connectivity index (χ4n) is 1.83. The summed E-state index contributed by atoms with van der Waals surface area (Å²) in [6.07, 6.45) is 0. The molecule has 0 spiro atoms. The number of aliphatic hydroxyl groups is 1. The van der Waals surface area contributed by atoms with Crippen LogP contribution in [0.4, 0.5) is 0 Å². The Kier molecular flexibility index (Phi) is 5.73. The highest BCUT2D eigenvalue weighted by Gasteiger charge is 2.34. The topological polar surface area (TPSA) is 57.6 Å². The number of halogens is 2. The summed E-state index contributed by atoms with van der Waals surface area (Å²) in [7, 11) is -2.25. The highest BCUT2D eigenvalue weighted by Crippen LogP contribution is 2.34. The third kappa shape index (κ3) is 3.71. The molecule has 1 rings (SSSR count). The van der Waals surface area contributed by atoms with Crippen LogP contribution in [-0.4, -0.2) is 30.9 Å². The first-order valence-electron chi connectivity index (χ1n) is 6.50. The minimum Gasteiger partial charge on any atom is -0.392 e. The molecule has 1 aromatic rings. The first kappa shape index (κ1) is 18.7. The van der Waals surface area contributed by atoms with E-state index in [1.165, 1.54) is 23.5 Å². The van der Waals surface area contributed by atoms with Gasteiger partial charge in [0.15, 0.2) is 0 Å². The Balaban J connectivity index is 3.39. The van der Waals surface area contributed by atoms with Gasteiger partial charge in [0.25, 0.3) is 0 Å². The van der Waals surface area contributed by atoms with Gasteiger partial charge in [0, 0.05) is 23.7 Å². The smallest absolute Gasteiger partial charge is 0.244 e. The van der Waals surface area contributed by atoms with Crippen molar-refractivity contribution in [2.24, 2.45) is 5.41 Å². The van der Waals surface area contributed by atoms with E-state index in [2.05, 4.69) is 0 Å². The molecule has 0 aliphatic rings. The molecule has 120 valence electrons. The summed E-state index contributed by atoms with van der Waals surface area (Å²) in [5, 5.41) is 9.50. The summed E-state index contributed by atoms with van der Waals surface area (Å²) in [5.41, 5.74) is -0.00297. The van der Waals surface area contributed by atoms with Crippen molar-refractivity contribution < 1.29 is 13.5 Å². The van der Waals surface area contributed by atoms with Crippen molar-refractivity contribution in [1.29, 1.82) is 0 Å². The van der Waals surface area contributed by atoms with Gasteiger partial charge in [-0.15, -0.1) is 0 Å². The second-order valence-electron chi connectivity index (χ2n) is 6.06. The molecule has 0 saturated carbocycles. The van der Waals surface area contributed by atoms with Crippen LogP contribution >= 0.6 is 23.2 Å². The van der Waals surface area contributed by atoms with Crippen LogP contribution in [0.5, 0.6) is 0 Å². The Bertz CT molecular complexity index is 624. The lowest BCUT2D eigenvalue weighted by Gasteiger charge is -2.34. The molecule has 0 fully saturated rings. The molecular weight excluding hydrogens is 333 g/mol. The van der Waals surface area contributed by atoms with Crippen molar-refractivity contribution in [1.82, 2.24) is 4.31 Å². The molecule has 1 aromatic carbocycles. The molecule has 0 amide bonds. The molecule has 7 heteroatoms. The molecule has 21 heavy (non-hydrogen) atoms. The number of aliphatic hydroxyl groups excluding tert-OH is 1. The monoisotopic (exact) mass is 353 g/mol. The van der Waals surface area contributed by atoms with Gasteiger partial charge in [0.2, 0.25) is 10.0 Å². The van der Waals surface area contributed by atoms with Crippen LogP contribution in [0.15, 0.2) is 17.0 Å². The van der Waals surface area contributed by atoms with Crippen molar-refractivity contribution >= 4 is 33.2 Å². The normalized spacial score (nSPS) is 14.5. The van der Waals surface area contributed by atoms with Crippen molar-refractivity contribution in [2.45, 2.75) is 45.2 Å². The van der Waals surface area contributed by atoms with Gasteiger partial charge in [0.05, 0.1) is 11.6 Å². The lowest BCUT2D eigenvalue weighted by molar-refractivity contribution is 0.216. The Hall–Kier alpha value is -0.330. The summed E-state index contributed by atoms with van der Waals surface area (Å²) in [6, 6.07) is 2.57. The van der Waals surface area contributed by atoms with Gasteiger partial charge in [0.1, 0.15) is 4.90 Å². The molecular formula is C14H21Cl2NO3S. The number of benzene rings is 1. The fourth-order valence-corrected chi connectivity index (χ4v) is 4.24. The summed E-state index contributed by atoms with van der Waals surface area (Å²) in [5.74, 6) is 0. The maximum Gasteiger partial charge on any atom is 0.244 e. The Morgan fingerprint density at radius 1 is 1.29 bits per heavy atom. The number of nitrogens with zero attached hydrogens (tertiary/aromatic N) is 1. The van der Waals surface area contributed by atoms with Gasteiger partial charge in [-0.3, -0.25) is 0 Å². The van der Waals surface area contributed by atoms with E-state index in [0.29, 0.717) is 0 Å². The van der Waals surface area contributed by atoms with Crippen LogP contribution in [-0.2, 0) is 16.6 Å². The zero-order valence-electron chi connectivity index (χ0n) is 12.8. The minimum absolute atomic E-state index is 0.0297. The van der Waals surface area contributed by atoms with Crippen LogP contribution < -0.4 is 0 Å². The minimum atomic E-state index is -3.77. The van der Waals surface area contributed by atoms with Crippen LogP contribution in [0.3, 0.4) is 0 Å². The first-order valence-corrected chi connectivity index (χ1v) is 8.70. The maximum absolute atomic E-state index is 12.7. The highest BCUT2D eigenvalue weighted by atomic mass is 35.5. The van der Waals surface area contributed by atoms with E-state index in [1.807, 2.05) is 27.7 Å². The summed E-state index contributed by atoms with van der Waals surface area (Å²) >= 11 is 12.0. The van der Waals surface area contributed by atoms with Gasteiger partial charge in [-0.2, -0.15) is 4.31 Å². The molecule has 1 unspecified atom stereocenters. The summed E-state index contributed by atoms with van der Waals surface area (Å²) in [4.78, 5) is -0.0452. The lowest BCUT2D eigenvalue weighted by atomic mass is 9.88. The van der Waals surface area contributed by atoms with Gasteiger partial charge < -0.3 is 5.11 Å². The highest BCUT2D eigenvalue weighted by molar-refractivity contribution is 7.89. The van der Waals surface area contributed by atoms with Crippen LogP contribution in [0, 0.1) is 5.41 Å². The summed E-state index contributed by atoms with van der Waals surface area (Å²) in [6.45, 7) is 7.32. The zero-order chi connectivity index (χ0) is 16.6. The molecule has 0 aromatic heterocycles.